The van der Waals surface area contributed by atoms with Gasteiger partial charge in [-0.1, -0.05) is 0 Å². The molecule has 142 valence electrons. The van der Waals surface area contributed by atoms with Crippen molar-refractivity contribution < 1.29 is 9.53 Å². The molecule has 0 N–H and O–H groups in total. The SMILES string of the molecule is O=C1COCCN1CCN1CCCC1Cn1nc2c(cc1=O)CSCC2. The summed E-state index contributed by atoms with van der Waals surface area (Å²) in [5, 5.41) is 4.66. The average molecular weight is 378 g/mol. The van der Waals surface area contributed by atoms with Gasteiger partial charge in [0.15, 0.2) is 0 Å². The number of nitrogens with zero attached hydrogens (tertiary/aromatic N) is 4. The molecular formula is C18H26N4O3S. The molecule has 4 rings (SSSR count). The summed E-state index contributed by atoms with van der Waals surface area (Å²) in [6, 6.07) is 2.10. The highest BCUT2D eigenvalue weighted by atomic mass is 32.2. The second-order valence-corrected chi connectivity index (χ2v) is 8.31. The van der Waals surface area contributed by atoms with Crippen LogP contribution in [0.3, 0.4) is 0 Å². The molecule has 0 saturated carbocycles. The number of likely N-dealkylation sites (tertiary alicyclic amines) is 1. The molecule has 1 unspecified atom stereocenters. The maximum Gasteiger partial charge on any atom is 0.267 e. The van der Waals surface area contributed by atoms with Crippen LogP contribution >= 0.6 is 11.8 Å². The van der Waals surface area contributed by atoms with Gasteiger partial charge < -0.3 is 9.64 Å². The van der Waals surface area contributed by atoms with Crippen LogP contribution in [0.25, 0.3) is 0 Å². The fourth-order valence-electron chi connectivity index (χ4n) is 4.02. The van der Waals surface area contributed by atoms with Gasteiger partial charge in [0.1, 0.15) is 6.61 Å². The van der Waals surface area contributed by atoms with Crippen molar-refractivity contribution in [2.45, 2.75) is 37.6 Å². The monoisotopic (exact) mass is 378 g/mol. The minimum Gasteiger partial charge on any atom is -0.370 e. The van der Waals surface area contributed by atoms with Gasteiger partial charge in [0.2, 0.25) is 5.91 Å². The Morgan fingerprint density at radius 1 is 1.27 bits per heavy atom. The number of ether oxygens (including phenoxy) is 1. The number of aryl methyl sites for hydroxylation is 1. The minimum atomic E-state index is 0.0152. The molecule has 1 aromatic rings. The first-order valence-corrected chi connectivity index (χ1v) is 10.6. The van der Waals surface area contributed by atoms with Crippen LogP contribution in [0, 0.1) is 0 Å². The zero-order valence-electron chi connectivity index (χ0n) is 15.1. The number of carbonyl (C=O) groups is 1. The van der Waals surface area contributed by atoms with Crippen molar-refractivity contribution in [3.63, 3.8) is 0 Å². The summed E-state index contributed by atoms with van der Waals surface area (Å²) in [6.45, 7) is 4.78. The fraction of sp³-hybridized carbons (Fsp3) is 0.722. The molecule has 4 heterocycles. The molecular weight excluding hydrogens is 352 g/mol. The molecule has 2 fully saturated rings. The van der Waals surface area contributed by atoms with Crippen molar-refractivity contribution in [2.24, 2.45) is 0 Å². The van der Waals surface area contributed by atoms with Crippen LogP contribution in [0.2, 0.25) is 0 Å². The van der Waals surface area contributed by atoms with Crippen LogP contribution in [-0.2, 0) is 28.2 Å². The lowest BCUT2D eigenvalue weighted by molar-refractivity contribution is -0.142. The quantitative estimate of drug-likeness (QED) is 0.737. The molecule has 0 aromatic carbocycles. The van der Waals surface area contributed by atoms with Crippen LogP contribution in [0.1, 0.15) is 24.1 Å². The van der Waals surface area contributed by atoms with Crippen molar-refractivity contribution in [2.75, 3.05) is 45.1 Å². The van der Waals surface area contributed by atoms with E-state index < -0.39 is 0 Å². The number of fused-ring (bicyclic) bond motifs is 1. The Hall–Kier alpha value is -1.38. The van der Waals surface area contributed by atoms with E-state index in [1.165, 1.54) is 0 Å². The zero-order chi connectivity index (χ0) is 17.9. The van der Waals surface area contributed by atoms with E-state index in [4.69, 9.17) is 4.74 Å². The number of amides is 1. The molecule has 1 amide bonds. The van der Waals surface area contributed by atoms with Gasteiger partial charge in [-0.05, 0) is 30.7 Å². The summed E-state index contributed by atoms with van der Waals surface area (Å²) >= 11 is 1.87. The van der Waals surface area contributed by atoms with Crippen molar-refractivity contribution in [3.05, 3.63) is 27.7 Å². The van der Waals surface area contributed by atoms with E-state index in [9.17, 15) is 9.59 Å². The Kier molecular flexibility index (Phi) is 5.61. The van der Waals surface area contributed by atoms with Crippen LogP contribution in [0.5, 0.6) is 0 Å². The van der Waals surface area contributed by atoms with E-state index in [2.05, 4.69) is 10.00 Å². The van der Waals surface area contributed by atoms with Gasteiger partial charge >= 0.3 is 0 Å². The lowest BCUT2D eigenvalue weighted by Gasteiger charge is -2.31. The van der Waals surface area contributed by atoms with Crippen LogP contribution < -0.4 is 5.56 Å². The lowest BCUT2D eigenvalue weighted by atomic mass is 10.2. The molecule has 3 aliphatic rings. The maximum atomic E-state index is 12.4. The highest BCUT2D eigenvalue weighted by Crippen LogP contribution is 2.22. The standard InChI is InChI=1S/C18H26N4O3S/c23-17-10-14-13-26-9-3-16(14)19-22(17)11-15-2-1-4-20(15)5-6-21-7-8-25-12-18(21)24/h10,15H,1-9,11-13H2. The highest BCUT2D eigenvalue weighted by Gasteiger charge is 2.27. The number of morpholine rings is 1. The molecule has 7 nitrogen and oxygen atoms in total. The highest BCUT2D eigenvalue weighted by molar-refractivity contribution is 7.98. The lowest BCUT2D eigenvalue weighted by Crippen LogP contribution is -2.47. The maximum absolute atomic E-state index is 12.4. The third-order valence-electron chi connectivity index (χ3n) is 5.53. The molecule has 26 heavy (non-hydrogen) atoms. The summed E-state index contributed by atoms with van der Waals surface area (Å²) in [4.78, 5) is 28.6. The average Bonchev–Trinajstić information content (AvgIpc) is 3.09. The summed E-state index contributed by atoms with van der Waals surface area (Å²) in [6.07, 6.45) is 3.17. The van der Waals surface area contributed by atoms with E-state index in [-0.39, 0.29) is 18.1 Å². The number of carbonyl (C=O) groups excluding carboxylic acids is 1. The molecule has 3 aliphatic heterocycles. The Bertz CT molecular complexity index is 723. The molecule has 0 aliphatic carbocycles. The number of rotatable bonds is 5. The number of hydrogen-bond acceptors (Lipinski definition) is 6. The summed E-state index contributed by atoms with van der Waals surface area (Å²) in [5.74, 6) is 2.07. The Balaban J connectivity index is 1.39. The third-order valence-corrected chi connectivity index (χ3v) is 6.54. The van der Waals surface area contributed by atoms with E-state index >= 15 is 0 Å². The molecule has 8 heteroatoms. The third kappa shape index (κ3) is 3.97. The van der Waals surface area contributed by atoms with Crippen LogP contribution in [0.4, 0.5) is 0 Å². The first kappa shape index (κ1) is 18.0. The molecule has 1 aromatic heterocycles. The fourth-order valence-corrected chi connectivity index (χ4v) is 4.97. The summed E-state index contributed by atoms with van der Waals surface area (Å²) < 4.78 is 6.85. The number of aromatic nitrogens is 2. The predicted molar refractivity (Wildman–Crippen MR) is 100 cm³/mol. The van der Waals surface area contributed by atoms with E-state index in [0.717, 1.165) is 61.7 Å². The first-order chi connectivity index (χ1) is 12.7. The second-order valence-electron chi connectivity index (χ2n) is 7.20. The minimum absolute atomic E-state index is 0.0152. The van der Waals surface area contributed by atoms with Gasteiger partial charge in [0.05, 0.1) is 18.8 Å². The van der Waals surface area contributed by atoms with Crippen LogP contribution in [-0.4, -0.2) is 76.7 Å². The molecule has 2 saturated heterocycles. The van der Waals surface area contributed by atoms with E-state index in [1.807, 2.05) is 16.7 Å². The number of thioether (sulfide) groups is 1. The Morgan fingerprint density at radius 3 is 3.08 bits per heavy atom. The molecule has 0 spiro atoms. The smallest absolute Gasteiger partial charge is 0.267 e. The molecule has 0 radical (unpaired) electrons. The topological polar surface area (TPSA) is 67.7 Å². The molecule has 0 bridgehead atoms. The van der Waals surface area contributed by atoms with Gasteiger partial charge in [-0.2, -0.15) is 16.9 Å². The Labute approximate surface area is 157 Å². The van der Waals surface area contributed by atoms with Gasteiger partial charge in [0.25, 0.3) is 5.56 Å². The van der Waals surface area contributed by atoms with Crippen molar-refractivity contribution in [1.82, 2.24) is 19.6 Å². The van der Waals surface area contributed by atoms with Gasteiger partial charge in [-0.15, -0.1) is 0 Å². The first-order valence-electron chi connectivity index (χ1n) is 9.48. The zero-order valence-corrected chi connectivity index (χ0v) is 15.9. The summed E-state index contributed by atoms with van der Waals surface area (Å²) in [5.41, 5.74) is 2.21. The van der Waals surface area contributed by atoms with Crippen molar-refractivity contribution in [1.29, 1.82) is 0 Å². The van der Waals surface area contributed by atoms with E-state index in [1.54, 1.807) is 10.7 Å². The largest absolute Gasteiger partial charge is 0.370 e. The van der Waals surface area contributed by atoms with Gasteiger partial charge in [0, 0.05) is 43.9 Å². The predicted octanol–water partition coefficient (Wildman–Crippen LogP) is 0.356. The summed E-state index contributed by atoms with van der Waals surface area (Å²) in [7, 11) is 0. The normalized spacial score (nSPS) is 24.1. The van der Waals surface area contributed by atoms with Crippen LogP contribution in [0.15, 0.2) is 10.9 Å². The van der Waals surface area contributed by atoms with Crippen molar-refractivity contribution >= 4 is 17.7 Å². The van der Waals surface area contributed by atoms with E-state index in [0.29, 0.717) is 25.7 Å². The Morgan fingerprint density at radius 2 is 2.19 bits per heavy atom. The van der Waals surface area contributed by atoms with Gasteiger partial charge in [-0.25, -0.2) is 4.68 Å². The molecule has 1 atom stereocenters. The van der Waals surface area contributed by atoms with Gasteiger partial charge in [-0.3, -0.25) is 14.5 Å². The number of hydrogen-bond donors (Lipinski definition) is 0. The van der Waals surface area contributed by atoms with Crippen molar-refractivity contribution in [3.8, 4) is 0 Å². The second kappa shape index (κ2) is 8.10.